The number of hydrogen-bond acceptors (Lipinski definition) is 4. The summed E-state index contributed by atoms with van der Waals surface area (Å²) in [6.07, 6.45) is 2.43. The van der Waals surface area contributed by atoms with Gasteiger partial charge in [0.15, 0.2) is 0 Å². The second kappa shape index (κ2) is 4.36. The molecule has 1 aromatic heterocycles. The average molecular weight is 211 g/mol. The molecule has 2 rings (SSSR count). The van der Waals surface area contributed by atoms with Crippen LogP contribution in [0.5, 0.6) is 0 Å². The quantitative estimate of drug-likeness (QED) is 0.814. The van der Waals surface area contributed by atoms with Crippen LogP contribution in [0.4, 0.5) is 0 Å². The van der Waals surface area contributed by atoms with Crippen molar-refractivity contribution in [3.05, 3.63) is 10.0 Å². The number of hydrogen-bond donors (Lipinski definition) is 1. The number of nitrogens with zero attached hydrogens (tertiary/aromatic N) is 2. The number of piperidine rings is 1. The summed E-state index contributed by atoms with van der Waals surface area (Å²) in [5.41, 5.74) is 0. The largest absolute Gasteiger partial charge is 0.317 e. The number of rotatable bonds is 2. The molecule has 0 saturated carbocycles. The van der Waals surface area contributed by atoms with Gasteiger partial charge in [-0.15, -0.1) is 21.5 Å². The third-order valence-corrected chi connectivity index (χ3v) is 4.02. The standard InChI is InChI=1S/C10H17N3S/c1-7(2)9-12-13-10(14-9)8-3-5-11-6-4-8/h7-8,11H,3-6H2,1-2H3. The van der Waals surface area contributed by atoms with E-state index >= 15 is 0 Å². The predicted molar refractivity (Wildman–Crippen MR) is 58.8 cm³/mol. The lowest BCUT2D eigenvalue weighted by atomic mass is 9.99. The predicted octanol–water partition coefficient (Wildman–Crippen LogP) is 2.13. The summed E-state index contributed by atoms with van der Waals surface area (Å²) in [7, 11) is 0. The van der Waals surface area contributed by atoms with Gasteiger partial charge in [0, 0.05) is 11.8 Å². The van der Waals surface area contributed by atoms with Crippen LogP contribution in [-0.2, 0) is 0 Å². The van der Waals surface area contributed by atoms with E-state index in [0.29, 0.717) is 11.8 Å². The van der Waals surface area contributed by atoms with Gasteiger partial charge in [0.1, 0.15) is 10.0 Å². The molecular formula is C10H17N3S. The van der Waals surface area contributed by atoms with E-state index in [2.05, 4.69) is 29.4 Å². The van der Waals surface area contributed by atoms with Gasteiger partial charge in [0.25, 0.3) is 0 Å². The van der Waals surface area contributed by atoms with Crippen molar-refractivity contribution in [1.29, 1.82) is 0 Å². The van der Waals surface area contributed by atoms with Gasteiger partial charge in [-0.25, -0.2) is 0 Å². The second-order valence-electron chi connectivity index (χ2n) is 4.16. The minimum Gasteiger partial charge on any atom is -0.317 e. The smallest absolute Gasteiger partial charge is 0.120 e. The molecule has 2 heterocycles. The fourth-order valence-corrected chi connectivity index (χ4v) is 2.73. The van der Waals surface area contributed by atoms with Gasteiger partial charge < -0.3 is 5.32 Å². The van der Waals surface area contributed by atoms with Crippen molar-refractivity contribution >= 4 is 11.3 Å². The first-order valence-corrected chi connectivity index (χ1v) is 6.13. The molecule has 1 aliphatic rings. The van der Waals surface area contributed by atoms with Crippen LogP contribution in [0.3, 0.4) is 0 Å². The third kappa shape index (κ3) is 2.12. The molecule has 0 unspecified atom stereocenters. The molecule has 1 aromatic rings. The molecule has 0 radical (unpaired) electrons. The Labute approximate surface area is 88.9 Å². The molecular weight excluding hydrogens is 194 g/mol. The van der Waals surface area contributed by atoms with Crippen molar-refractivity contribution in [2.45, 2.75) is 38.5 Å². The Bertz CT molecular complexity index is 289. The van der Waals surface area contributed by atoms with Gasteiger partial charge >= 0.3 is 0 Å². The van der Waals surface area contributed by atoms with E-state index in [0.717, 1.165) is 13.1 Å². The summed E-state index contributed by atoms with van der Waals surface area (Å²) >= 11 is 1.80. The van der Waals surface area contributed by atoms with Gasteiger partial charge in [-0.2, -0.15) is 0 Å². The van der Waals surface area contributed by atoms with E-state index in [1.807, 2.05) is 0 Å². The van der Waals surface area contributed by atoms with Crippen LogP contribution in [0.15, 0.2) is 0 Å². The molecule has 1 saturated heterocycles. The maximum atomic E-state index is 4.30. The van der Waals surface area contributed by atoms with Crippen LogP contribution in [0.25, 0.3) is 0 Å². The first kappa shape index (κ1) is 10.1. The van der Waals surface area contributed by atoms with Crippen LogP contribution in [0.2, 0.25) is 0 Å². The van der Waals surface area contributed by atoms with Crippen molar-refractivity contribution in [2.24, 2.45) is 0 Å². The maximum Gasteiger partial charge on any atom is 0.120 e. The van der Waals surface area contributed by atoms with E-state index in [4.69, 9.17) is 0 Å². The summed E-state index contributed by atoms with van der Waals surface area (Å²) in [6, 6.07) is 0. The molecule has 4 heteroatoms. The Morgan fingerprint density at radius 2 is 2.00 bits per heavy atom. The molecule has 0 atom stereocenters. The summed E-state index contributed by atoms with van der Waals surface area (Å²) in [5, 5.41) is 14.3. The first-order chi connectivity index (χ1) is 6.77. The van der Waals surface area contributed by atoms with E-state index < -0.39 is 0 Å². The SMILES string of the molecule is CC(C)c1nnc(C2CCNCC2)s1. The molecule has 1 aliphatic heterocycles. The molecule has 78 valence electrons. The Hall–Kier alpha value is -0.480. The normalized spacial score (nSPS) is 19.1. The van der Waals surface area contributed by atoms with E-state index in [9.17, 15) is 0 Å². The highest BCUT2D eigenvalue weighted by atomic mass is 32.1. The highest BCUT2D eigenvalue weighted by Gasteiger charge is 2.19. The van der Waals surface area contributed by atoms with Gasteiger partial charge in [0.05, 0.1) is 0 Å². The van der Waals surface area contributed by atoms with Crippen LogP contribution in [0.1, 0.15) is 48.5 Å². The third-order valence-electron chi connectivity index (χ3n) is 2.64. The minimum absolute atomic E-state index is 0.517. The van der Waals surface area contributed by atoms with Gasteiger partial charge in [-0.3, -0.25) is 0 Å². The fraction of sp³-hybridized carbons (Fsp3) is 0.800. The average Bonchev–Trinajstić information content (AvgIpc) is 2.68. The lowest BCUT2D eigenvalue weighted by Crippen LogP contribution is -2.26. The molecule has 0 spiro atoms. The summed E-state index contributed by atoms with van der Waals surface area (Å²) in [6.45, 7) is 6.60. The lowest BCUT2D eigenvalue weighted by Gasteiger charge is -2.19. The van der Waals surface area contributed by atoms with E-state index in [-0.39, 0.29) is 0 Å². The Kier molecular flexibility index (Phi) is 3.13. The molecule has 0 bridgehead atoms. The highest BCUT2D eigenvalue weighted by Crippen LogP contribution is 2.29. The Morgan fingerprint density at radius 1 is 1.29 bits per heavy atom. The van der Waals surface area contributed by atoms with Crippen molar-refractivity contribution in [2.75, 3.05) is 13.1 Å². The second-order valence-corrected chi connectivity index (χ2v) is 5.20. The molecule has 1 N–H and O–H groups in total. The molecule has 0 amide bonds. The van der Waals surface area contributed by atoms with Gasteiger partial charge in [0.2, 0.25) is 0 Å². The van der Waals surface area contributed by atoms with Crippen LogP contribution < -0.4 is 5.32 Å². The summed E-state index contributed by atoms with van der Waals surface area (Å²) in [4.78, 5) is 0. The van der Waals surface area contributed by atoms with Crippen molar-refractivity contribution in [3.8, 4) is 0 Å². The topological polar surface area (TPSA) is 37.8 Å². The zero-order chi connectivity index (χ0) is 9.97. The highest BCUT2D eigenvalue weighted by molar-refractivity contribution is 7.11. The van der Waals surface area contributed by atoms with Gasteiger partial charge in [-0.1, -0.05) is 13.8 Å². The first-order valence-electron chi connectivity index (χ1n) is 5.31. The summed E-state index contributed by atoms with van der Waals surface area (Å²) < 4.78 is 0. The Morgan fingerprint density at radius 3 is 2.57 bits per heavy atom. The zero-order valence-corrected chi connectivity index (χ0v) is 9.60. The van der Waals surface area contributed by atoms with Crippen molar-refractivity contribution < 1.29 is 0 Å². The van der Waals surface area contributed by atoms with E-state index in [1.54, 1.807) is 11.3 Å². The van der Waals surface area contributed by atoms with Crippen LogP contribution in [0, 0.1) is 0 Å². The monoisotopic (exact) mass is 211 g/mol. The molecule has 14 heavy (non-hydrogen) atoms. The minimum atomic E-state index is 0.517. The van der Waals surface area contributed by atoms with Crippen LogP contribution >= 0.6 is 11.3 Å². The van der Waals surface area contributed by atoms with Crippen LogP contribution in [-0.4, -0.2) is 23.3 Å². The summed E-state index contributed by atoms with van der Waals surface area (Å²) in [5.74, 6) is 1.17. The van der Waals surface area contributed by atoms with Crippen molar-refractivity contribution in [1.82, 2.24) is 15.5 Å². The molecule has 1 fully saturated rings. The van der Waals surface area contributed by atoms with Crippen molar-refractivity contribution in [3.63, 3.8) is 0 Å². The molecule has 0 aliphatic carbocycles. The van der Waals surface area contributed by atoms with Gasteiger partial charge in [-0.05, 0) is 25.9 Å². The molecule has 3 nitrogen and oxygen atoms in total. The number of nitrogens with one attached hydrogen (secondary N) is 1. The maximum absolute atomic E-state index is 4.30. The fourth-order valence-electron chi connectivity index (χ4n) is 1.71. The number of aromatic nitrogens is 2. The lowest BCUT2D eigenvalue weighted by molar-refractivity contribution is 0.457. The van der Waals surface area contributed by atoms with E-state index in [1.165, 1.54) is 22.9 Å². The zero-order valence-electron chi connectivity index (χ0n) is 8.79. The Balaban J connectivity index is 2.07. The molecule has 0 aromatic carbocycles.